The lowest BCUT2D eigenvalue weighted by atomic mass is 9.88. The molecule has 0 bridgehead atoms. The highest BCUT2D eigenvalue weighted by molar-refractivity contribution is 5.40. The van der Waals surface area contributed by atoms with Crippen LogP contribution in [0, 0.1) is 5.92 Å². The van der Waals surface area contributed by atoms with Gasteiger partial charge < -0.3 is 5.32 Å². The maximum atomic E-state index is 12.7. The van der Waals surface area contributed by atoms with Gasteiger partial charge in [-0.25, -0.2) is 0 Å². The van der Waals surface area contributed by atoms with E-state index in [0.29, 0.717) is 17.4 Å². The first-order chi connectivity index (χ1) is 8.97. The lowest BCUT2D eigenvalue weighted by Crippen LogP contribution is -2.45. The van der Waals surface area contributed by atoms with Gasteiger partial charge in [-0.15, -0.1) is 10.2 Å². The average molecular weight is 270 g/mol. The summed E-state index contributed by atoms with van der Waals surface area (Å²) in [6.07, 6.45) is -3.27. The van der Waals surface area contributed by atoms with Crippen molar-refractivity contribution in [2.75, 3.05) is 13.1 Å². The van der Waals surface area contributed by atoms with Crippen LogP contribution in [0.3, 0.4) is 0 Å². The van der Waals surface area contributed by atoms with Gasteiger partial charge in [0.05, 0.1) is 5.56 Å². The van der Waals surface area contributed by atoms with Gasteiger partial charge in [-0.1, -0.05) is 6.92 Å². The number of fused-ring (bicyclic) bond motifs is 1. The summed E-state index contributed by atoms with van der Waals surface area (Å²) in [6.45, 7) is 3.71. The second kappa shape index (κ2) is 4.19. The average Bonchev–Trinajstić information content (AvgIpc) is 2.67. The maximum Gasteiger partial charge on any atom is 0.417 e. The van der Waals surface area contributed by atoms with Gasteiger partial charge >= 0.3 is 6.18 Å². The molecule has 3 rings (SSSR count). The summed E-state index contributed by atoms with van der Waals surface area (Å²) in [5, 5.41) is 11.1. The van der Waals surface area contributed by atoms with Gasteiger partial charge in [-0.05, 0) is 31.1 Å². The Hall–Kier alpha value is -1.63. The normalized spacial score (nSPS) is 18.5. The Labute approximate surface area is 107 Å². The van der Waals surface area contributed by atoms with Crippen molar-refractivity contribution in [2.45, 2.75) is 19.0 Å². The topological polar surface area (TPSA) is 42.2 Å². The molecular formula is C12H13F3N4. The fourth-order valence-electron chi connectivity index (χ4n) is 2.26. The first kappa shape index (κ1) is 12.4. The van der Waals surface area contributed by atoms with E-state index in [1.807, 2.05) is 6.92 Å². The SMILES string of the molecule is CC(c1nnc2ccc(C(F)(F)F)cn12)C1CNC1. The Kier molecular flexibility index (Phi) is 2.74. The molecule has 1 aliphatic rings. The lowest BCUT2D eigenvalue weighted by molar-refractivity contribution is -0.137. The Bertz CT molecular complexity index is 601. The van der Waals surface area contributed by atoms with E-state index in [-0.39, 0.29) is 5.92 Å². The quantitative estimate of drug-likeness (QED) is 0.908. The van der Waals surface area contributed by atoms with E-state index in [1.165, 1.54) is 10.5 Å². The molecule has 1 unspecified atom stereocenters. The number of nitrogens with one attached hydrogen (secondary N) is 1. The summed E-state index contributed by atoms with van der Waals surface area (Å²) in [4.78, 5) is 0. The molecule has 0 spiro atoms. The summed E-state index contributed by atoms with van der Waals surface area (Å²) in [7, 11) is 0. The van der Waals surface area contributed by atoms with E-state index in [0.717, 1.165) is 25.4 Å². The third-order valence-corrected chi connectivity index (χ3v) is 3.68. The van der Waals surface area contributed by atoms with E-state index >= 15 is 0 Å². The number of rotatable bonds is 2. The zero-order valence-electron chi connectivity index (χ0n) is 10.3. The maximum absolute atomic E-state index is 12.7. The molecule has 0 radical (unpaired) electrons. The van der Waals surface area contributed by atoms with Crippen molar-refractivity contribution in [3.05, 3.63) is 29.7 Å². The van der Waals surface area contributed by atoms with Crippen LogP contribution < -0.4 is 5.32 Å². The zero-order chi connectivity index (χ0) is 13.6. The monoisotopic (exact) mass is 270 g/mol. The molecule has 2 aromatic heterocycles. The van der Waals surface area contributed by atoms with Crippen molar-refractivity contribution < 1.29 is 13.2 Å². The molecule has 0 saturated carbocycles. The molecular weight excluding hydrogens is 257 g/mol. The predicted octanol–water partition coefficient (Wildman–Crippen LogP) is 2.07. The first-order valence-electron chi connectivity index (χ1n) is 6.09. The highest BCUT2D eigenvalue weighted by Crippen LogP contribution is 2.31. The van der Waals surface area contributed by atoms with Gasteiger partial charge in [0.1, 0.15) is 5.82 Å². The fraction of sp³-hybridized carbons (Fsp3) is 0.500. The number of alkyl halides is 3. The molecule has 19 heavy (non-hydrogen) atoms. The van der Waals surface area contributed by atoms with E-state index in [1.54, 1.807) is 0 Å². The van der Waals surface area contributed by atoms with Gasteiger partial charge in [-0.3, -0.25) is 4.40 Å². The largest absolute Gasteiger partial charge is 0.417 e. The molecule has 1 atom stereocenters. The molecule has 0 amide bonds. The van der Waals surface area contributed by atoms with Crippen molar-refractivity contribution in [1.29, 1.82) is 0 Å². The number of pyridine rings is 1. The highest BCUT2D eigenvalue weighted by Gasteiger charge is 2.32. The van der Waals surface area contributed by atoms with E-state index in [4.69, 9.17) is 0 Å². The van der Waals surface area contributed by atoms with Crippen LogP contribution >= 0.6 is 0 Å². The van der Waals surface area contributed by atoms with Crippen molar-refractivity contribution in [3.8, 4) is 0 Å². The second-order valence-corrected chi connectivity index (χ2v) is 4.91. The van der Waals surface area contributed by atoms with Crippen LogP contribution in [0.25, 0.3) is 5.65 Å². The van der Waals surface area contributed by atoms with Crippen LogP contribution in [0.2, 0.25) is 0 Å². The minimum Gasteiger partial charge on any atom is -0.316 e. The number of halogens is 3. The Morgan fingerprint density at radius 2 is 2.05 bits per heavy atom. The summed E-state index contributed by atoms with van der Waals surface area (Å²) < 4.78 is 39.6. The van der Waals surface area contributed by atoms with E-state index < -0.39 is 11.7 Å². The van der Waals surface area contributed by atoms with E-state index in [2.05, 4.69) is 15.5 Å². The number of nitrogens with zero attached hydrogens (tertiary/aromatic N) is 3. The molecule has 4 nitrogen and oxygen atoms in total. The Balaban J connectivity index is 2.05. The molecule has 0 aliphatic carbocycles. The molecule has 2 aromatic rings. The van der Waals surface area contributed by atoms with Crippen molar-refractivity contribution in [1.82, 2.24) is 19.9 Å². The van der Waals surface area contributed by atoms with Crippen LogP contribution in [0.1, 0.15) is 24.2 Å². The molecule has 1 N–H and O–H groups in total. The van der Waals surface area contributed by atoms with Crippen LogP contribution in [-0.4, -0.2) is 27.7 Å². The Morgan fingerprint density at radius 3 is 2.63 bits per heavy atom. The third kappa shape index (κ3) is 2.07. The fourth-order valence-corrected chi connectivity index (χ4v) is 2.26. The molecule has 1 aliphatic heterocycles. The van der Waals surface area contributed by atoms with Gasteiger partial charge in [0.2, 0.25) is 0 Å². The van der Waals surface area contributed by atoms with Crippen molar-refractivity contribution in [3.63, 3.8) is 0 Å². The molecule has 1 saturated heterocycles. The second-order valence-electron chi connectivity index (χ2n) is 4.91. The standard InChI is InChI=1S/C12H13F3N4/c1-7(8-4-16-5-8)11-18-17-10-3-2-9(6-19(10)11)12(13,14)15/h2-3,6-8,16H,4-5H2,1H3. The van der Waals surface area contributed by atoms with Gasteiger partial charge in [-0.2, -0.15) is 13.2 Å². The molecule has 1 fully saturated rings. The van der Waals surface area contributed by atoms with Gasteiger partial charge in [0.25, 0.3) is 0 Å². The molecule has 0 aromatic carbocycles. The van der Waals surface area contributed by atoms with E-state index in [9.17, 15) is 13.2 Å². The summed E-state index contributed by atoms with van der Waals surface area (Å²) in [6, 6.07) is 2.38. The minimum absolute atomic E-state index is 0.0831. The Morgan fingerprint density at radius 1 is 1.32 bits per heavy atom. The summed E-state index contributed by atoms with van der Waals surface area (Å²) in [5.74, 6) is 1.08. The highest BCUT2D eigenvalue weighted by atomic mass is 19.4. The van der Waals surface area contributed by atoms with Crippen LogP contribution in [-0.2, 0) is 6.18 Å². The molecule has 102 valence electrons. The lowest BCUT2D eigenvalue weighted by Gasteiger charge is -2.31. The first-order valence-corrected chi connectivity index (χ1v) is 6.09. The molecule has 3 heterocycles. The van der Waals surface area contributed by atoms with Crippen LogP contribution in [0.15, 0.2) is 18.3 Å². The smallest absolute Gasteiger partial charge is 0.316 e. The zero-order valence-corrected chi connectivity index (χ0v) is 10.3. The number of aromatic nitrogens is 3. The third-order valence-electron chi connectivity index (χ3n) is 3.68. The van der Waals surface area contributed by atoms with Crippen molar-refractivity contribution in [2.24, 2.45) is 5.92 Å². The number of hydrogen-bond acceptors (Lipinski definition) is 3. The molecule has 7 heteroatoms. The van der Waals surface area contributed by atoms with Gasteiger partial charge in [0, 0.05) is 12.1 Å². The summed E-state index contributed by atoms with van der Waals surface area (Å²) >= 11 is 0. The number of hydrogen-bond donors (Lipinski definition) is 1. The summed E-state index contributed by atoms with van der Waals surface area (Å²) in [5.41, 5.74) is -0.234. The van der Waals surface area contributed by atoms with Crippen LogP contribution in [0.4, 0.5) is 13.2 Å². The van der Waals surface area contributed by atoms with Crippen molar-refractivity contribution >= 4 is 5.65 Å². The predicted molar refractivity (Wildman–Crippen MR) is 62.8 cm³/mol. The van der Waals surface area contributed by atoms with Gasteiger partial charge in [0.15, 0.2) is 5.65 Å². The minimum atomic E-state index is -4.35. The van der Waals surface area contributed by atoms with Crippen LogP contribution in [0.5, 0.6) is 0 Å².